The highest BCUT2D eigenvalue weighted by atomic mass is 28.4. The van der Waals surface area contributed by atoms with Crippen LogP contribution in [0.3, 0.4) is 0 Å². The van der Waals surface area contributed by atoms with E-state index in [2.05, 4.69) is 6.92 Å². The summed E-state index contributed by atoms with van der Waals surface area (Å²) < 4.78 is 21.7. The van der Waals surface area contributed by atoms with Gasteiger partial charge in [0.15, 0.2) is 0 Å². The maximum Gasteiger partial charge on any atom is 0.679 e. The second-order valence-corrected chi connectivity index (χ2v) is 5.46. The van der Waals surface area contributed by atoms with Gasteiger partial charge in [0.1, 0.15) is 0 Å². The zero-order valence-corrected chi connectivity index (χ0v) is 13.5. The van der Waals surface area contributed by atoms with Gasteiger partial charge in [-0.3, -0.25) is 0 Å². The maximum absolute atomic E-state index is 8.07. The monoisotopic (exact) mass is 282 g/mol. The molecule has 18 heavy (non-hydrogen) atoms. The minimum absolute atomic E-state index is 0.344. The molecule has 0 saturated carbocycles. The first kappa shape index (κ1) is 20.3. The predicted octanol–water partition coefficient (Wildman–Crippen LogP) is 2.35. The van der Waals surface area contributed by atoms with Crippen molar-refractivity contribution >= 4 is 9.05 Å². The molecule has 0 spiro atoms. The molecule has 1 N–H and O–H groups in total. The smallest absolute Gasteiger partial charge is 0.396 e. The Morgan fingerprint density at radius 1 is 0.722 bits per heavy atom. The normalized spacial score (nSPS) is 11.0. The molecule has 0 aromatic carbocycles. The predicted molar refractivity (Wildman–Crippen MR) is 74.3 cm³/mol. The first-order chi connectivity index (χ1) is 8.66. The van der Waals surface area contributed by atoms with Crippen LogP contribution < -0.4 is 0 Å². The molecule has 6 heteroatoms. The van der Waals surface area contributed by atoms with Gasteiger partial charge in [-0.15, -0.1) is 0 Å². The van der Waals surface area contributed by atoms with Gasteiger partial charge in [0.25, 0.3) is 0 Å². The van der Waals surface area contributed by atoms with Crippen molar-refractivity contribution in [1.82, 2.24) is 0 Å². The van der Waals surface area contributed by atoms with E-state index in [4.69, 9.17) is 22.8 Å². The van der Waals surface area contributed by atoms with E-state index >= 15 is 0 Å². The molecule has 0 fully saturated rings. The van der Waals surface area contributed by atoms with E-state index in [1.807, 2.05) is 27.7 Å². The fourth-order valence-electron chi connectivity index (χ4n) is 1.12. The lowest BCUT2D eigenvalue weighted by Gasteiger charge is -2.26. The van der Waals surface area contributed by atoms with Crippen molar-refractivity contribution in [2.75, 3.05) is 33.0 Å². The van der Waals surface area contributed by atoms with Crippen LogP contribution in [0.25, 0.3) is 0 Å². The first-order valence-corrected chi connectivity index (χ1v) is 8.46. The average Bonchev–Trinajstić information content (AvgIpc) is 2.32. The Labute approximate surface area is 113 Å². The minimum atomic E-state index is -2.80. The van der Waals surface area contributed by atoms with Crippen molar-refractivity contribution in [1.29, 1.82) is 0 Å². The molecule has 0 rings (SSSR count). The largest absolute Gasteiger partial charge is 0.679 e. The lowest BCUT2D eigenvalue weighted by molar-refractivity contribution is -0.0247. The van der Waals surface area contributed by atoms with Crippen molar-refractivity contribution in [3.05, 3.63) is 0 Å². The van der Waals surface area contributed by atoms with Gasteiger partial charge < -0.3 is 22.8 Å². The van der Waals surface area contributed by atoms with E-state index in [0.717, 1.165) is 12.8 Å². The number of aliphatic hydroxyl groups excluding tert-OH is 1. The fourth-order valence-corrected chi connectivity index (χ4v) is 3.03. The summed E-state index contributed by atoms with van der Waals surface area (Å²) in [5.41, 5.74) is 0. The van der Waals surface area contributed by atoms with Gasteiger partial charge in [-0.2, -0.15) is 0 Å². The molecule has 0 aliphatic rings. The highest BCUT2D eigenvalue weighted by molar-refractivity contribution is 6.53. The number of rotatable bonds is 10. The zero-order chi connectivity index (χ0) is 14.3. The maximum atomic E-state index is 8.07. The fraction of sp³-hybridized carbons (Fsp3) is 1.00. The molecule has 0 saturated heterocycles. The summed E-state index contributed by atoms with van der Waals surface area (Å²) in [6.45, 7) is 12.2. The molecule has 0 aliphatic carbocycles. The lowest BCUT2D eigenvalue weighted by Crippen LogP contribution is -2.49. The topological polar surface area (TPSA) is 57.2 Å². The zero-order valence-electron chi connectivity index (χ0n) is 12.5. The molecule has 0 atom stereocenters. The third-order valence-electron chi connectivity index (χ3n) is 1.80. The van der Waals surface area contributed by atoms with Crippen molar-refractivity contribution < 1.29 is 22.8 Å². The Morgan fingerprint density at radius 2 is 1.06 bits per heavy atom. The molecule has 5 nitrogen and oxygen atoms in total. The van der Waals surface area contributed by atoms with Crippen LogP contribution in [0.15, 0.2) is 0 Å². The minimum Gasteiger partial charge on any atom is -0.396 e. The number of aliphatic hydroxyl groups is 1. The van der Waals surface area contributed by atoms with Crippen molar-refractivity contribution in [3.63, 3.8) is 0 Å². The van der Waals surface area contributed by atoms with E-state index in [-0.39, 0.29) is 0 Å². The van der Waals surface area contributed by atoms with Gasteiger partial charge in [-0.05, 0) is 34.1 Å². The van der Waals surface area contributed by atoms with Crippen molar-refractivity contribution in [3.8, 4) is 0 Å². The van der Waals surface area contributed by atoms with E-state index in [9.17, 15) is 0 Å². The third-order valence-corrected chi connectivity index (χ3v) is 4.37. The van der Waals surface area contributed by atoms with E-state index in [0.29, 0.717) is 33.0 Å². The summed E-state index contributed by atoms with van der Waals surface area (Å²) >= 11 is 0. The SMILES string of the molecule is CCCCO.CCO[Si](OCC)(OCC)OCC. The highest BCUT2D eigenvalue weighted by Gasteiger charge is 2.44. The first-order valence-electron chi connectivity index (χ1n) is 6.82. The molecule has 0 radical (unpaired) electrons. The Morgan fingerprint density at radius 3 is 1.17 bits per heavy atom. The summed E-state index contributed by atoms with van der Waals surface area (Å²) in [6.07, 6.45) is 2.04. The Balaban J connectivity index is 0. The van der Waals surface area contributed by atoms with Crippen molar-refractivity contribution in [2.24, 2.45) is 0 Å². The summed E-state index contributed by atoms with van der Waals surface area (Å²) in [6, 6.07) is 0. The van der Waals surface area contributed by atoms with Crippen LogP contribution in [-0.2, 0) is 17.7 Å². The lowest BCUT2D eigenvalue weighted by atomic mass is 10.4. The molecule has 0 amide bonds. The van der Waals surface area contributed by atoms with Gasteiger partial charge >= 0.3 is 9.05 Å². The van der Waals surface area contributed by atoms with Crippen LogP contribution in [0.4, 0.5) is 0 Å². The van der Waals surface area contributed by atoms with Gasteiger partial charge in [-0.1, -0.05) is 13.3 Å². The summed E-state index contributed by atoms with van der Waals surface area (Å²) in [5, 5.41) is 8.07. The quantitative estimate of drug-likeness (QED) is 0.623. The number of unbranched alkanes of at least 4 members (excludes halogenated alkanes) is 1. The van der Waals surface area contributed by atoms with Gasteiger partial charge in [0.2, 0.25) is 0 Å². The van der Waals surface area contributed by atoms with Crippen LogP contribution in [0.2, 0.25) is 0 Å². The second-order valence-electron chi connectivity index (χ2n) is 3.31. The van der Waals surface area contributed by atoms with Crippen LogP contribution in [0, 0.1) is 0 Å². The molecular weight excluding hydrogens is 252 g/mol. The summed E-state index contributed by atoms with van der Waals surface area (Å²) in [7, 11) is -2.80. The number of hydrogen-bond acceptors (Lipinski definition) is 5. The Bertz CT molecular complexity index is 126. The Kier molecular flexibility index (Phi) is 17.0. The van der Waals surface area contributed by atoms with Gasteiger partial charge in [0.05, 0.1) is 0 Å². The van der Waals surface area contributed by atoms with E-state index < -0.39 is 9.05 Å². The highest BCUT2D eigenvalue weighted by Crippen LogP contribution is 2.11. The van der Waals surface area contributed by atoms with Crippen LogP contribution in [-0.4, -0.2) is 47.2 Å². The van der Waals surface area contributed by atoms with Crippen LogP contribution >= 0.6 is 0 Å². The molecule has 0 aromatic heterocycles. The Hall–Kier alpha value is 0.0169. The van der Waals surface area contributed by atoms with Gasteiger partial charge in [-0.25, -0.2) is 0 Å². The number of hydrogen-bond donors (Lipinski definition) is 1. The van der Waals surface area contributed by atoms with Crippen LogP contribution in [0.1, 0.15) is 47.5 Å². The molecule has 0 unspecified atom stereocenters. The van der Waals surface area contributed by atoms with E-state index in [1.54, 1.807) is 0 Å². The molecule has 0 bridgehead atoms. The summed E-state index contributed by atoms with van der Waals surface area (Å²) in [4.78, 5) is 0. The van der Waals surface area contributed by atoms with E-state index in [1.165, 1.54) is 0 Å². The van der Waals surface area contributed by atoms with Crippen molar-refractivity contribution in [2.45, 2.75) is 47.5 Å². The molecule has 112 valence electrons. The molecule has 0 heterocycles. The molecule has 0 aromatic rings. The average molecular weight is 282 g/mol. The molecule has 0 aliphatic heterocycles. The third kappa shape index (κ3) is 11.1. The molecular formula is C12H30O5Si. The summed E-state index contributed by atoms with van der Waals surface area (Å²) in [5.74, 6) is 0. The second kappa shape index (κ2) is 15.1. The van der Waals surface area contributed by atoms with Crippen LogP contribution in [0.5, 0.6) is 0 Å². The standard InChI is InChI=1S/C8H20O4Si.C4H10O/c1-5-9-13(10-6-2,11-7-3)12-8-4;1-2-3-4-5/h5-8H2,1-4H3;5H,2-4H2,1H3. The van der Waals surface area contributed by atoms with Gasteiger partial charge in [0, 0.05) is 33.0 Å².